The fourth-order valence-corrected chi connectivity index (χ4v) is 2.18. The number of carbonyl (C=O) groups is 1. The third kappa shape index (κ3) is 6.22. The molecular formula is C16H22ClNO2. The molecule has 0 fully saturated rings. The Labute approximate surface area is 125 Å². The summed E-state index contributed by atoms with van der Waals surface area (Å²) >= 11 is 5.91. The molecule has 0 radical (unpaired) electrons. The fourth-order valence-electron chi connectivity index (χ4n) is 1.98. The summed E-state index contributed by atoms with van der Waals surface area (Å²) in [6.45, 7) is 6.09. The van der Waals surface area contributed by atoms with Gasteiger partial charge in [-0.3, -0.25) is 4.79 Å². The van der Waals surface area contributed by atoms with Gasteiger partial charge in [-0.15, -0.1) is 0 Å². The molecule has 0 spiro atoms. The van der Waals surface area contributed by atoms with E-state index in [1.165, 1.54) is 0 Å². The Morgan fingerprint density at radius 3 is 2.75 bits per heavy atom. The molecule has 0 saturated carbocycles. The summed E-state index contributed by atoms with van der Waals surface area (Å²) in [7, 11) is 0. The summed E-state index contributed by atoms with van der Waals surface area (Å²) in [5, 5.41) is 12.8. The predicted octanol–water partition coefficient (Wildman–Crippen LogP) is 3.27. The van der Waals surface area contributed by atoms with E-state index in [4.69, 9.17) is 11.6 Å². The highest BCUT2D eigenvalue weighted by Crippen LogP contribution is 2.13. The fraction of sp³-hybridized carbons (Fsp3) is 0.438. The Kier molecular flexibility index (Phi) is 6.76. The molecule has 2 atom stereocenters. The van der Waals surface area contributed by atoms with Gasteiger partial charge in [0.1, 0.15) is 0 Å². The summed E-state index contributed by atoms with van der Waals surface area (Å²) in [6, 6.07) is 7.36. The van der Waals surface area contributed by atoms with Crippen LogP contribution in [0.4, 0.5) is 0 Å². The number of hydrogen-bond donors (Lipinski definition) is 2. The van der Waals surface area contributed by atoms with Crippen molar-refractivity contribution >= 4 is 23.6 Å². The monoisotopic (exact) mass is 295 g/mol. The molecule has 1 amide bonds. The molecule has 3 nitrogen and oxygen atoms in total. The molecule has 1 aromatic rings. The zero-order chi connectivity index (χ0) is 15.1. The van der Waals surface area contributed by atoms with Crippen LogP contribution in [-0.2, 0) is 4.79 Å². The largest absolute Gasteiger partial charge is 0.393 e. The number of hydrogen-bond acceptors (Lipinski definition) is 2. The smallest absolute Gasteiger partial charge is 0.246 e. The summed E-state index contributed by atoms with van der Waals surface area (Å²) in [4.78, 5) is 11.9. The SMILES string of the molecule is C/C(=C\c1cccc(Cl)c1)C(=O)NCC(C)CC(C)O. The van der Waals surface area contributed by atoms with E-state index in [0.29, 0.717) is 23.6 Å². The lowest BCUT2D eigenvalue weighted by atomic mass is 10.0. The minimum atomic E-state index is -0.343. The average molecular weight is 296 g/mol. The average Bonchev–Trinajstić information content (AvgIpc) is 2.35. The van der Waals surface area contributed by atoms with E-state index in [-0.39, 0.29) is 17.9 Å². The first kappa shape index (κ1) is 16.7. The molecule has 0 aromatic heterocycles. The van der Waals surface area contributed by atoms with Crippen molar-refractivity contribution in [1.82, 2.24) is 5.32 Å². The van der Waals surface area contributed by atoms with Gasteiger partial charge < -0.3 is 10.4 Å². The molecule has 0 aliphatic heterocycles. The maximum absolute atomic E-state index is 11.9. The number of halogens is 1. The predicted molar refractivity (Wildman–Crippen MR) is 83.6 cm³/mol. The Balaban J connectivity index is 2.54. The maximum Gasteiger partial charge on any atom is 0.246 e. The molecule has 20 heavy (non-hydrogen) atoms. The summed E-state index contributed by atoms with van der Waals surface area (Å²) < 4.78 is 0. The molecule has 0 saturated heterocycles. The minimum Gasteiger partial charge on any atom is -0.393 e. The number of benzene rings is 1. The molecule has 0 aliphatic rings. The van der Waals surface area contributed by atoms with Crippen LogP contribution in [0.15, 0.2) is 29.8 Å². The highest BCUT2D eigenvalue weighted by molar-refractivity contribution is 6.30. The van der Waals surface area contributed by atoms with Crippen LogP contribution in [0.3, 0.4) is 0 Å². The van der Waals surface area contributed by atoms with Gasteiger partial charge in [0, 0.05) is 17.1 Å². The molecule has 2 unspecified atom stereocenters. The lowest BCUT2D eigenvalue weighted by Crippen LogP contribution is -2.29. The van der Waals surface area contributed by atoms with Crippen molar-refractivity contribution < 1.29 is 9.90 Å². The Hall–Kier alpha value is -1.32. The number of rotatable bonds is 6. The van der Waals surface area contributed by atoms with Crippen molar-refractivity contribution in [3.63, 3.8) is 0 Å². The van der Waals surface area contributed by atoms with Crippen molar-refractivity contribution in [3.8, 4) is 0 Å². The molecular weight excluding hydrogens is 274 g/mol. The van der Waals surface area contributed by atoms with Gasteiger partial charge in [-0.1, -0.05) is 30.7 Å². The molecule has 0 heterocycles. The summed E-state index contributed by atoms with van der Waals surface area (Å²) in [5.74, 6) is 0.153. The van der Waals surface area contributed by atoms with Gasteiger partial charge in [0.05, 0.1) is 6.10 Å². The second-order valence-electron chi connectivity index (χ2n) is 5.28. The zero-order valence-electron chi connectivity index (χ0n) is 12.2. The minimum absolute atomic E-state index is 0.0950. The van der Waals surface area contributed by atoms with E-state index in [1.54, 1.807) is 26.0 Å². The topological polar surface area (TPSA) is 49.3 Å². The van der Waals surface area contributed by atoms with E-state index >= 15 is 0 Å². The Morgan fingerprint density at radius 2 is 2.15 bits per heavy atom. The van der Waals surface area contributed by atoms with Gasteiger partial charge in [-0.2, -0.15) is 0 Å². The van der Waals surface area contributed by atoms with Gasteiger partial charge in [0.25, 0.3) is 0 Å². The normalized spacial score (nSPS) is 14.8. The van der Waals surface area contributed by atoms with E-state index in [2.05, 4.69) is 5.32 Å². The molecule has 4 heteroatoms. The van der Waals surface area contributed by atoms with Crippen LogP contribution in [-0.4, -0.2) is 23.7 Å². The van der Waals surface area contributed by atoms with Crippen molar-refractivity contribution in [2.24, 2.45) is 5.92 Å². The molecule has 110 valence electrons. The highest BCUT2D eigenvalue weighted by Gasteiger charge is 2.09. The lowest BCUT2D eigenvalue weighted by Gasteiger charge is -2.14. The van der Waals surface area contributed by atoms with Crippen LogP contribution in [0.5, 0.6) is 0 Å². The number of aliphatic hydroxyl groups excluding tert-OH is 1. The maximum atomic E-state index is 11.9. The van der Waals surface area contributed by atoms with Gasteiger partial charge >= 0.3 is 0 Å². The van der Waals surface area contributed by atoms with Crippen LogP contribution in [0.2, 0.25) is 5.02 Å². The van der Waals surface area contributed by atoms with E-state index < -0.39 is 0 Å². The summed E-state index contributed by atoms with van der Waals surface area (Å²) in [5.41, 5.74) is 1.54. The van der Waals surface area contributed by atoms with Crippen molar-refractivity contribution in [1.29, 1.82) is 0 Å². The molecule has 1 rings (SSSR count). The van der Waals surface area contributed by atoms with Gasteiger partial charge in [0.2, 0.25) is 5.91 Å². The molecule has 2 N–H and O–H groups in total. The molecule has 1 aromatic carbocycles. The first-order chi connectivity index (χ1) is 9.38. The number of nitrogens with one attached hydrogen (secondary N) is 1. The number of carbonyl (C=O) groups excluding carboxylic acids is 1. The van der Waals surface area contributed by atoms with Crippen molar-refractivity contribution in [2.75, 3.05) is 6.54 Å². The zero-order valence-corrected chi connectivity index (χ0v) is 12.9. The standard InChI is InChI=1S/C16H22ClNO2/c1-11(7-13(3)19)10-18-16(20)12(2)8-14-5-4-6-15(17)9-14/h4-6,8-9,11,13,19H,7,10H2,1-3H3,(H,18,20)/b12-8+. The molecule has 0 bridgehead atoms. The van der Waals surface area contributed by atoms with Crippen LogP contribution in [0, 0.1) is 5.92 Å². The molecule has 0 aliphatic carbocycles. The first-order valence-electron chi connectivity index (χ1n) is 6.78. The quantitative estimate of drug-likeness (QED) is 0.791. The summed E-state index contributed by atoms with van der Waals surface area (Å²) in [6.07, 6.45) is 2.14. The van der Waals surface area contributed by atoms with Gasteiger partial charge in [-0.25, -0.2) is 0 Å². The second-order valence-corrected chi connectivity index (χ2v) is 5.72. The van der Waals surface area contributed by atoms with Crippen LogP contribution < -0.4 is 5.32 Å². The van der Waals surface area contributed by atoms with E-state index in [9.17, 15) is 9.90 Å². The van der Waals surface area contributed by atoms with Crippen molar-refractivity contribution in [3.05, 3.63) is 40.4 Å². The van der Waals surface area contributed by atoms with E-state index in [1.807, 2.05) is 25.1 Å². The van der Waals surface area contributed by atoms with E-state index in [0.717, 1.165) is 5.56 Å². The van der Waals surface area contributed by atoms with Crippen LogP contribution in [0.1, 0.15) is 32.8 Å². The third-order valence-electron chi connectivity index (χ3n) is 2.94. The highest BCUT2D eigenvalue weighted by atomic mass is 35.5. The van der Waals surface area contributed by atoms with Gasteiger partial charge in [0.15, 0.2) is 0 Å². The third-order valence-corrected chi connectivity index (χ3v) is 3.18. The first-order valence-corrected chi connectivity index (χ1v) is 7.16. The van der Waals surface area contributed by atoms with Crippen LogP contribution >= 0.6 is 11.6 Å². The van der Waals surface area contributed by atoms with Gasteiger partial charge in [-0.05, 0) is 50.0 Å². The number of aliphatic hydroxyl groups is 1. The van der Waals surface area contributed by atoms with Crippen molar-refractivity contribution in [2.45, 2.75) is 33.3 Å². The Bertz CT molecular complexity index is 483. The lowest BCUT2D eigenvalue weighted by molar-refractivity contribution is -0.117. The second kappa shape index (κ2) is 8.08. The number of amides is 1. The Morgan fingerprint density at radius 1 is 1.45 bits per heavy atom. The van der Waals surface area contributed by atoms with Crippen LogP contribution in [0.25, 0.3) is 6.08 Å².